The lowest BCUT2D eigenvalue weighted by molar-refractivity contribution is -0.137. The van der Waals surface area contributed by atoms with Crippen LogP contribution in [0, 0.1) is 0 Å². The normalized spacial score (nSPS) is 17.7. The van der Waals surface area contributed by atoms with E-state index in [-0.39, 0.29) is 23.9 Å². The van der Waals surface area contributed by atoms with Crippen molar-refractivity contribution in [1.82, 2.24) is 4.31 Å². The second-order valence-electron chi connectivity index (χ2n) is 7.65. The van der Waals surface area contributed by atoms with E-state index in [0.717, 1.165) is 23.4 Å². The summed E-state index contributed by atoms with van der Waals surface area (Å²) in [6.45, 7) is 2.95. The molecule has 4 rings (SSSR count). The molecule has 2 aliphatic heterocycles. The Kier molecular flexibility index (Phi) is 5.47. The lowest BCUT2D eigenvalue weighted by atomic mass is 10.1. The van der Waals surface area contributed by atoms with E-state index in [0.29, 0.717) is 31.7 Å². The van der Waals surface area contributed by atoms with Crippen LogP contribution in [0.4, 0.5) is 24.5 Å². The molecule has 2 aromatic carbocycles. The Labute approximate surface area is 178 Å². The number of rotatable bonds is 3. The lowest BCUT2D eigenvalue weighted by Gasteiger charge is -2.35. The number of carbonyl (C=O) groups excluding carboxylic acids is 1. The van der Waals surface area contributed by atoms with Crippen molar-refractivity contribution in [3.8, 4) is 0 Å². The first-order valence-electron chi connectivity index (χ1n) is 9.91. The molecule has 1 amide bonds. The summed E-state index contributed by atoms with van der Waals surface area (Å²) in [7, 11) is -3.74. The van der Waals surface area contributed by atoms with Crippen LogP contribution in [0.2, 0.25) is 0 Å². The molecule has 0 aromatic heterocycles. The van der Waals surface area contributed by atoms with Crippen molar-refractivity contribution in [2.75, 3.05) is 42.5 Å². The zero-order valence-electron chi connectivity index (χ0n) is 16.9. The molecule has 1 saturated heterocycles. The standard InChI is InChI=1S/C21H22F3N3O3S/c1-15(28)27-8-7-16-13-19(5-6-20(16)27)31(29,30)26-11-9-25(10-12-26)18-4-2-3-17(14-18)21(22,23)24/h2-6,13-14H,7-12H2,1H3. The minimum atomic E-state index is -4.42. The predicted molar refractivity (Wildman–Crippen MR) is 111 cm³/mol. The minimum absolute atomic E-state index is 0.0833. The average molecular weight is 453 g/mol. The zero-order valence-corrected chi connectivity index (χ0v) is 17.7. The van der Waals surface area contributed by atoms with Crippen molar-refractivity contribution in [2.45, 2.75) is 24.4 Å². The number of anilines is 2. The van der Waals surface area contributed by atoms with Crippen molar-refractivity contribution in [3.63, 3.8) is 0 Å². The molecule has 0 atom stereocenters. The Morgan fingerprint density at radius 3 is 2.32 bits per heavy atom. The summed E-state index contributed by atoms with van der Waals surface area (Å²) in [5.41, 5.74) is 1.26. The molecule has 2 heterocycles. The number of amides is 1. The molecule has 2 aromatic rings. The number of carbonyl (C=O) groups is 1. The molecule has 0 saturated carbocycles. The first-order valence-corrected chi connectivity index (χ1v) is 11.3. The van der Waals surface area contributed by atoms with Crippen LogP contribution < -0.4 is 9.80 Å². The van der Waals surface area contributed by atoms with Crippen LogP contribution in [0.5, 0.6) is 0 Å². The third kappa shape index (κ3) is 4.14. The highest BCUT2D eigenvalue weighted by molar-refractivity contribution is 7.89. The number of halogens is 3. The fraction of sp³-hybridized carbons (Fsp3) is 0.381. The Bertz CT molecular complexity index is 1110. The van der Waals surface area contributed by atoms with Crippen molar-refractivity contribution < 1.29 is 26.4 Å². The molecule has 1 fully saturated rings. The highest BCUT2D eigenvalue weighted by atomic mass is 32.2. The van der Waals surface area contributed by atoms with Crippen molar-refractivity contribution in [1.29, 1.82) is 0 Å². The van der Waals surface area contributed by atoms with Gasteiger partial charge in [-0.3, -0.25) is 4.79 Å². The summed E-state index contributed by atoms with van der Waals surface area (Å²) in [6.07, 6.45) is -3.83. The van der Waals surface area contributed by atoms with E-state index in [1.165, 1.54) is 23.4 Å². The summed E-state index contributed by atoms with van der Waals surface area (Å²) in [4.78, 5) is 15.2. The number of fused-ring (bicyclic) bond motifs is 1. The van der Waals surface area contributed by atoms with Gasteiger partial charge in [0, 0.05) is 51.0 Å². The number of sulfonamides is 1. The SMILES string of the molecule is CC(=O)N1CCc2cc(S(=O)(=O)N3CCN(c4cccc(C(F)(F)F)c4)CC3)ccc21. The first kappa shape index (κ1) is 21.6. The average Bonchev–Trinajstić information content (AvgIpc) is 3.17. The van der Waals surface area contributed by atoms with Crippen LogP contribution in [0.15, 0.2) is 47.4 Å². The van der Waals surface area contributed by atoms with E-state index in [9.17, 15) is 26.4 Å². The quantitative estimate of drug-likeness (QED) is 0.717. The number of benzene rings is 2. The number of nitrogens with zero attached hydrogens (tertiary/aromatic N) is 3. The van der Waals surface area contributed by atoms with Crippen LogP contribution >= 0.6 is 0 Å². The summed E-state index contributed by atoms with van der Waals surface area (Å²) in [6, 6.07) is 9.85. The molecule has 10 heteroatoms. The predicted octanol–water partition coefficient (Wildman–Crippen LogP) is 3.13. The van der Waals surface area contributed by atoms with Gasteiger partial charge in [-0.25, -0.2) is 8.42 Å². The van der Waals surface area contributed by atoms with Crippen LogP contribution in [-0.2, 0) is 27.4 Å². The van der Waals surface area contributed by atoms with Gasteiger partial charge in [0.25, 0.3) is 0 Å². The topological polar surface area (TPSA) is 60.9 Å². The van der Waals surface area contributed by atoms with Gasteiger partial charge in [0.2, 0.25) is 15.9 Å². The second kappa shape index (κ2) is 7.83. The Morgan fingerprint density at radius 1 is 0.968 bits per heavy atom. The van der Waals surface area contributed by atoms with Gasteiger partial charge >= 0.3 is 6.18 Å². The maximum atomic E-state index is 13.1. The molecule has 166 valence electrons. The fourth-order valence-corrected chi connectivity index (χ4v) is 5.55. The highest BCUT2D eigenvalue weighted by Crippen LogP contribution is 2.33. The maximum Gasteiger partial charge on any atom is 0.416 e. The minimum Gasteiger partial charge on any atom is -0.369 e. The zero-order chi connectivity index (χ0) is 22.4. The Balaban J connectivity index is 1.48. The molecule has 6 nitrogen and oxygen atoms in total. The van der Waals surface area contributed by atoms with Crippen LogP contribution in [0.25, 0.3) is 0 Å². The van der Waals surface area contributed by atoms with Gasteiger partial charge in [-0.15, -0.1) is 0 Å². The van der Waals surface area contributed by atoms with E-state index < -0.39 is 21.8 Å². The van der Waals surface area contributed by atoms with Crippen LogP contribution in [0.1, 0.15) is 18.1 Å². The van der Waals surface area contributed by atoms with Gasteiger partial charge in [0.05, 0.1) is 10.5 Å². The molecule has 0 spiro atoms. The van der Waals surface area contributed by atoms with Gasteiger partial charge < -0.3 is 9.80 Å². The molecular weight excluding hydrogens is 431 g/mol. The smallest absolute Gasteiger partial charge is 0.369 e. The van der Waals surface area contributed by atoms with E-state index >= 15 is 0 Å². The number of piperazine rings is 1. The molecule has 0 unspecified atom stereocenters. The summed E-state index contributed by atoms with van der Waals surface area (Å²) < 4.78 is 66.5. The number of hydrogen-bond acceptors (Lipinski definition) is 4. The third-order valence-electron chi connectivity index (χ3n) is 5.74. The third-order valence-corrected chi connectivity index (χ3v) is 7.64. The molecule has 0 bridgehead atoms. The van der Waals surface area contributed by atoms with Gasteiger partial charge in [-0.05, 0) is 48.4 Å². The van der Waals surface area contributed by atoms with Crippen LogP contribution in [0.3, 0.4) is 0 Å². The fourth-order valence-electron chi connectivity index (χ4n) is 4.08. The molecule has 2 aliphatic rings. The van der Waals surface area contributed by atoms with Gasteiger partial charge in [0.15, 0.2) is 0 Å². The van der Waals surface area contributed by atoms with E-state index in [1.807, 2.05) is 0 Å². The molecule has 0 radical (unpaired) electrons. The van der Waals surface area contributed by atoms with Crippen LogP contribution in [-0.4, -0.2) is 51.4 Å². The van der Waals surface area contributed by atoms with Gasteiger partial charge in [0.1, 0.15) is 0 Å². The first-order chi connectivity index (χ1) is 14.6. The molecule has 0 aliphatic carbocycles. The highest BCUT2D eigenvalue weighted by Gasteiger charge is 2.33. The number of hydrogen-bond donors (Lipinski definition) is 0. The molecule has 0 N–H and O–H groups in total. The van der Waals surface area contributed by atoms with E-state index in [1.54, 1.807) is 28.0 Å². The summed E-state index contributed by atoms with van der Waals surface area (Å²) in [5, 5.41) is 0. The monoisotopic (exact) mass is 453 g/mol. The van der Waals surface area contributed by atoms with Crippen molar-refractivity contribution in [3.05, 3.63) is 53.6 Å². The van der Waals surface area contributed by atoms with Gasteiger partial charge in [-0.1, -0.05) is 6.07 Å². The summed E-state index contributed by atoms with van der Waals surface area (Å²) in [5.74, 6) is -0.0833. The van der Waals surface area contributed by atoms with E-state index in [2.05, 4.69) is 0 Å². The van der Waals surface area contributed by atoms with Crippen molar-refractivity contribution in [2.24, 2.45) is 0 Å². The second-order valence-corrected chi connectivity index (χ2v) is 9.59. The van der Waals surface area contributed by atoms with E-state index in [4.69, 9.17) is 0 Å². The molecule has 31 heavy (non-hydrogen) atoms. The maximum absolute atomic E-state index is 13.1. The number of alkyl halides is 3. The largest absolute Gasteiger partial charge is 0.416 e. The Hall–Kier alpha value is -2.59. The molecular formula is C21H22F3N3O3S. The lowest BCUT2D eigenvalue weighted by Crippen LogP contribution is -2.48. The van der Waals surface area contributed by atoms with Crippen molar-refractivity contribution >= 4 is 27.3 Å². The van der Waals surface area contributed by atoms with Gasteiger partial charge in [-0.2, -0.15) is 17.5 Å². The summed E-state index contributed by atoms with van der Waals surface area (Å²) >= 11 is 0. The Morgan fingerprint density at radius 2 is 1.68 bits per heavy atom.